The molecule has 0 saturated heterocycles. The van der Waals surface area contributed by atoms with Gasteiger partial charge in [-0.05, 0) is 24.6 Å². The van der Waals surface area contributed by atoms with Crippen LogP contribution in [0.25, 0.3) is 11.0 Å². The normalized spacial score (nSPS) is 10.8. The molecule has 0 aliphatic heterocycles. The van der Waals surface area contributed by atoms with Crippen molar-refractivity contribution in [1.82, 2.24) is 0 Å². The quantitative estimate of drug-likeness (QED) is 0.452. The standard InChI is InChI=1S/C18H22O5/c1-2-3-4-5-6-7-10-22-17(20)15-11-13-8-9-14(19)12-16(13)23-18(15)21/h8-9,11-12,19H,2-7,10H2,1H3. The van der Waals surface area contributed by atoms with Crippen LogP contribution in [0.3, 0.4) is 0 Å². The molecule has 0 bridgehead atoms. The molecule has 2 aromatic rings. The third-order valence-corrected chi connectivity index (χ3v) is 3.67. The van der Waals surface area contributed by atoms with Gasteiger partial charge in [-0.1, -0.05) is 39.0 Å². The average Bonchev–Trinajstić information content (AvgIpc) is 2.53. The van der Waals surface area contributed by atoms with Gasteiger partial charge in [0.05, 0.1) is 6.61 Å². The van der Waals surface area contributed by atoms with Gasteiger partial charge in [-0.15, -0.1) is 0 Å². The van der Waals surface area contributed by atoms with Crippen molar-refractivity contribution in [2.24, 2.45) is 0 Å². The lowest BCUT2D eigenvalue weighted by Gasteiger charge is -2.05. The van der Waals surface area contributed by atoms with Crippen molar-refractivity contribution in [2.45, 2.75) is 45.4 Å². The van der Waals surface area contributed by atoms with Gasteiger partial charge in [-0.2, -0.15) is 0 Å². The molecule has 0 aliphatic carbocycles. The summed E-state index contributed by atoms with van der Waals surface area (Å²) in [6, 6.07) is 5.82. The van der Waals surface area contributed by atoms with Crippen LogP contribution >= 0.6 is 0 Å². The number of hydrogen-bond donors (Lipinski definition) is 1. The molecule has 0 saturated carbocycles. The number of phenolic OH excluding ortho intramolecular Hbond substituents is 1. The highest BCUT2D eigenvalue weighted by Gasteiger charge is 2.15. The predicted molar refractivity (Wildman–Crippen MR) is 87.8 cm³/mol. The van der Waals surface area contributed by atoms with E-state index in [2.05, 4.69) is 6.92 Å². The molecule has 124 valence electrons. The Balaban J connectivity index is 1.92. The predicted octanol–water partition coefficient (Wildman–Crippen LogP) is 4.02. The molecule has 1 aromatic carbocycles. The highest BCUT2D eigenvalue weighted by Crippen LogP contribution is 2.19. The second-order valence-electron chi connectivity index (χ2n) is 5.57. The summed E-state index contributed by atoms with van der Waals surface area (Å²) in [6.07, 6.45) is 6.57. The second kappa shape index (κ2) is 8.36. The summed E-state index contributed by atoms with van der Waals surface area (Å²) in [6.45, 7) is 2.47. The third kappa shape index (κ3) is 4.84. The lowest BCUT2D eigenvalue weighted by atomic mass is 10.1. The van der Waals surface area contributed by atoms with Gasteiger partial charge >= 0.3 is 11.6 Å². The maximum absolute atomic E-state index is 12.0. The Labute approximate surface area is 134 Å². The average molecular weight is 318 g/mol. The number of ether oxygens (including phenoxy) is 1. The maximum Gasteiger partial charge on any atom is 0.351 e. The van der Waals surface area contributed by atoms with E-state index in [1.807, 2.05) is 0 Å². The lowest BCUT2D eigenvalue weighted by Crippen LogP contribution is -2.17. The van der Waals surface area contributed by atoms with Crippen LogP contribution in [0, 0.1) is 0 Å². The molecular weight excluding hydrogens is 296 g/mol. The van der Waals surface area contributed by atoms with E-state index >= 15 is 0 Å². The second-order valence-corrected chi connectivity index (χ2v) is 5.57. The first-order chi connectivity index (χ1) is 11.1. The molecular formula is C18H22O5. The van der Waals surface area contributed by atoms with Crippen LogP contribution in [0.15, 0.2) is 33.5 Å². The fourth-order valence-corrected chi connectivity index (χ4v) is 2.37. The molecule has 0 aliphatic rings. The van der Waals surface area contributed by atoms with Crippen LogP contribution in [-0.4, -0.2) is 17.7 Å². The van der Waals surface area contributed by atoms with E-state index < -0.39 is 11.6 Å². The molecule has 0 fully saturated rings. The molecule has 0 spiro atoms. The number of benzene rings is 1. The van der Waals surface area contributed by atoms with Gasteiger partial charge in [0.25, 0.3) is 0 Å². The van der Waals surface area contributed by atoms with Crippen LogP contribution in [0.2, 0.25) is 0 Å². The van der Waals surface area contributed by atoms with E-state index in [9.17, 15) is 14.7 Å². The minimum absolute atomic E-state index is 0.000880. The molecule has 0 unspecified atom stereocenters. The van der Waals surface area contributed by atoms with Crippen LogP contribution in [0.4, 0.5) is 0 Å². The third-order valence-electron chi connectivity index (χ3n) is 3.67. The molecule has 1 aromatic heterocycles. The zero-order chi connectivity index (χ0) is 16.7. The summed E-state index contributed by atoms with van der Waals surface area (Å²) >= 11 is 0. The molecule has 0 radical (unpaired) electrons. The topological polar surface area (TPSA) is 76.7 Å². The van der Waals surface area contributed by atoms with Gasteiger partial charge in [-0.25, -0.2) is 9.59 Å². The number of rotatable bonds is 8. The number of phenols is 1. The maximum atomic E-state index is 12.0. The molecule has 1 heterocycles. The summed E-state index contributed by atoms with van der Waals surface area (Å²) in [5.74, 6) is -0.665. The molecule has 2 rings (SSSR count). The van der Waals surface area contributed by atoms with Gasteiger partial charge < -0.3 is 14.3 Å². The minimum atomic E-state index is -0.754. The van der Waals surface area contributed by atoms with Crippen molar-refractivity contribution in [3.63, 3.8) is 0 Å². The van der Waals surface area contributed by atoms with Crippen LogP contribution in [-0.2, 0) is 4.74 Å². The first kappa shape index (κ1) is 17.1. The van der Waals surface area contributed by atoms with Crippen LogP contribution in [0.1, 0.15) is 55.8 Å². The van der Waals surface area contributed by atoms with Gasteiger partial charge in [0.15, 0.2) is 0 Å². The minimum Gasteiger partial charge on any atom is -0.508 e. The van der Waals surface area contributed by atoms with Gasteiger partial charge in [0.1, 0.15) is 16.9 Å². The number of carbonyl (C=O) groups is 1. The van der Waals surface area contributed by atoms with Crippen molar-refractivity contribution in [2.75, 3.05) is 6.61 Å². The Hall–Kier alpha value is -2.30. The number of hydrogen-bond acceptors (Lipinski definition) is 5. The highest BCUT2D eigenvalue weighted by atomic mass is 16.5. The van der Waals surface area contributed by atoms with E-state index in [1.165, 1.54) is 37.5 Å². The Morgan fingerprint density at radius 3 is 2.65 bits per heavy atom. The molecule has 0 atom stereocenters. The lowest BCUT2D eigenvalue weighted by molar-refractivity contribution is 0.0493. The molecule has 1 N–H and O–H groups in total. The largest absolute Gasteiger partial charge is 0.508 e. The molecule has 5 nitrogen and oxygen atoms in total. The number of carbonyl (C=O) groups excluding carboxylic acids is 1. The zero-order valence-electron chi connectivity index (χ0n) is 13.3. The van der Waals surface area contributed by atoms with Crippen molar-refractivity contribution in [1.29, 1.82) is 0 Å². The Morgan fingerprint density at radius 1 is 1.13 bits per heavy atom. The Morgan fingerprint density at radius 2 is 1.87 bits per heavy atom. The van der Waals surface area contributed by atoms with E-state index in [0.717, 1.165) is 19.3 Å². The smallest absolute Gasteiger partial charge is 0.351 e. The summed E-state index contributed by atoms with van der Waals surface area (Å²) in [5, 5.41) is 9.93. The van der Waals surface area contributed by atoms with Crippen LogP contribution < -0.4 is 5.63 Å². The van der Waals surface area contributed by atoms with E-state index in [4.69, 9.17) is 9.15 Å². The summed E-state index contributed by atoms with van der Waals surface area (Å²) < 4.78 is 10.2. The first-order valence-corrected chi connectivity index (χ1v) is 8.06. The molecule has 5 heteroatoms. The fraction of sp³-hybridized carbons (Fsp3) is 0.444. The number of esters is 1. The Bertz CT molecular complexity index is 717. The summed E-state index contributed by atoms with van der Waals surface area (Å²) in [5.41, 5.74) is -0.632. The zero-order valence-corrected chi connectivity index (χ0v) is 13.3. The van der Waals surface area contributed by atoms with Crippen molar-refractivity contribution in [3.05, 3.63) is 40.2 Å². The van der Waals surface area contributed by atoms with Gasteiger partial charge in [0.2, 0.25) is 0 Å². The van der Waals surface area contributed by atoms with Crippen molar-refractivity contribution < 1.29 is 19.1 Å². The first-order valence-electron chi connectivity index (χ1n) is 8.06. The number of aromatic hydroxyl groups is 1. The van der Waals surface area contributed by atoms with E-state index in [1.54, 1.807) is 6.07 Å². The van der Waals surface area contributed by atoms with Crippen LogP contribution in [0.5, 0.6) is 5.75 Å². The molecule has 23 heavy (non-hydrogen) atoms. The molecule has 0 amide bonds. The number of unbranched alkanes of at least 4 members (excludes halogenated alkanes) is 5. The SMILES string of the molecule is CCCCCCCCOC(=O)c1cc2ccc(O)cc2oc1=O. The van der Waals surface area contributed by atoms with E-state index in [0.29, 0.717) is 12.0 Å². The fourth-order valence-electron chi connectivity index (χ4n) is 2.37. The summed E-state index contributed by atoms with van der Waals surface area (Å²) in [7, 11) is 0. The van der Waals surface area contributed by atoms with Gasteiger partial charge in [-0.3, -0.25) is 0 Å². The highest BCUT2D eigenvalue weighted by molar-refractivity contribution is 5.93. The summed E-state index contributed by atoms with van der Waals surface area (Å²) in [4.78, 5) is 23.8. The van der Waals surface area contributed by atoms with E-state index in [-0.39, 0.29) is 16.9 Å². The van der Waals surface area contributed by atoms with Gasteiger partial charge in [0, 0.05) is 11.5 Å². The van der Waals surface area contributed by atoms with Crippen molar-refractivity contribution in [3.8, 4) is 5.75 Å². The van der Waals surface area contributed by atoms with Crippen molar-refractivity contribution >= 4 is 16.9 Å². The Kier molecular flexibility index (Phi) is 6.20. The monoisotopic (exact) mass is 318 g/mol. The number of fused-ring (bicyclic) bond motifs is 1.